The highest BCUT2D eigenvalue weighted by Crippen LogP contribution is 2.62. The predicted octanol–water partition coefficient (Wildman–Crippen LogP) is 6.33. The van der Waals surface area contributed by atoms with Crippen LogP contribution in [0.15, 0.2) is 103 Å². The lowest BCUT2D eigenvalue weighted by atomic mass is 9.62. The number of nitrogens with zero attached hydrogens (tertiary/aromatic N) is 1. The number of para-hydroxylation sites is 1. The summed E-state index contributed by atoms with van der Waals surface area (Å²) in [6.45, 7) is 0. The van der Waals surface area contributed by atoms with E-state index in [9.17, 15) is 14.4 Å². The van der Waals surface area contributed by atoms with Crippen molar-refractivity contribution in [3.8, 4) is 5.75 Å². The Morgan fingerprint density at radius 1 is 0.878 bits per heavy atom. The van der Waals surface area contributed by atoms with Crippen LogP contribution in [-0.4, -0.2) is 35.5 Å². The molecule has 0 saturated carbocycles. The second-order valence-corrected chi connectivity index (χ2v) is 11.0. The van der Waals surface area contributed by atoms with E-state index in [1.165, 1.54) is 7.11 Å². The third kappa shape index (κ3) is 3.60. The van der Waals surface area contributed by atoms with Crippen LogP contribution in [0.1, 0.15) is 43.4 Å². The molecule has 0 aliphatic carbocycles. The highest BCUT2D eigenvalue weighted by atomic mass is 35.5. The van der Waals surface area contributed by atoms with E-state index >= 15 is 0 Å². The second-order valence-electron chi connectivity index (χ2n) is 10.6. The van der Waals surface area contributed by atoms with Crippen LogP contribution in [0.4, 0.5) is 5.69 Å². The summed E-state index contributed by atoms with van der Waals surface area (Å²) in [7, 11) is 1.54. The van der Waals surface area contributed by atoms with Gasteiger partial charge in [-0.2, -0.15) is 0 Å². The third-order valence-corrected chi connectivity index (χ3v) is 8.86. The maximum Gasteiger partial charge on any atom is 0.238 e. The van der Waals surface area contributed by atoms with Gasteiger partial charge in [0.2, 0.25) is 5.91 Å². The monoisotopic (exact) mass is 560 g/mol. The molecule has 3 aliphatic heterocycles. The number of carbonyl (C=O) groups is 3. The molecule has 1 N–H and O–H groups in total. The Balaban J connectivity index is 1.53. The molecule has 7 heteroatoms. The number of carbonyl (C=O) groups excluding carboxylic acids is 3. The quantitative estimate of drug-likeness (QED) is 0.289. The summed E-state index contributed by atoms with van der Waals surface area (Å²) >= 11 is 6.15. The molecule has 41 heavy (non-hydrogen) atoms. The van der Waals surface area contributed by atoms with Gasteiger partial charge in [-0.1, -0.05) is 66.2 Å². The molecule has 1 saturated heterocycles. The fourth-order valence-corrected chi connectivity index (χ4v) is 7.03. The Hall–Kier alpha value is -4.68. The molecule has 4 atom stereocenters. The molecule has 1 amide bonds. The van der Waals surface area contributed by atoms with Crippen LogP contribution in [0.5, 0.6) is 5.75 Å². The van der Waals surface area contributed by atoms with E-state index in [1.54, 1.807) is 48.5 Å². The minimum atomic E-state index is -1.38. The van der Waals surface area contributed by atoms with Crippen LogP contribution < -0.4 is 10.1 Å². The van der Waals surface area contributed by atoms with Crippen molar-refractivity contribution < 1.29 is 19.1 Å². The number of hydrogen-bond acceptors (Lipinski definition) is 5. The average molecular weight is 561 g/mol. The Morgan fingerprint density at radius 2 is 1.63 bits per heavy atom. The van der Waals surface area contributed by atoms with Crippen molar-refractivity contribution in [3.05, 3.63) is 136 Å². The van der Waals surface area contributed by atoms with Crippen LogP contribution in [0.3, 0.4) is 0 Å². The molecule has 0 bridgehead atoms. The van der Waals surface area contributed by atoms with Gasteiger partial charge in [0, 0.05) is 28.0 Å². The number of ether oxygens (including phenoxy) is 1. The minimum absolute atomic E-state index is 0.258. The van der Waals surface area contributed by atoms with Crippen LogP contribution in [0.25, 0.3) is 6.08 Å². The van der Waals surface area contributed by atoms with E-state index in [0.717, 1.165) is 11.1 Å². The van der Waals surface area contributed by atoms with E-state index in [0.29, 0.717) is 33.1 Å². The Kier molecular flexibility index (Phi) is 5.84. The Labute approximate surface area is 242 Å². The molecule has 202 valence electrons. The van der Waals surface area contributed by atoms with E-state index in [2.05, 4.69) is 5.32 Å². The van der Waals surface area contributed by atoms with Gasteiger partial charge in [0.1, 0.15) is 17.2 Å². The summed E-state index contributed by atoms with van der Waals surface area (Å²) in [4.78, 5) is 45.7. The largest absolute Gasteiger partial charge is 0.497 e. The van der Waals surface area contributed by atoms with Gasteiger partial charge in [-0.25, -0.2) is 0 Å². The molecule has 3 aliphatic rings. The fourth-order valence-electron chi connectivity index (χ4n) is 6.91. The normalized spacial score (nSPS) is 23.5. The molecule has 3 heterocycles. The van der Waals surface area contributed by atoms with E-state index in [1.807, 2.05) is 65.7 Å². The van der Waals surface area contributed by atoms with Crippen LogP contribution in [0, 0.1) is 5.92 Å². The van der Waals surface area contributed by atoms with Crippen molar-refractivity contribution in [2.45, 2.75) is 17.5 Å². The van der Waals surface area contributed by atoms with E-state index in [4.69, 9.17) is 16.3 Å². The van der Waals surface area contributed by atoms with Gasteiger partial charge in [-0.3, -0.25) is 14.4 Å². The Morgan fingerprint density at radius 3 is 2.44 bits per heavy atom. The number of nitrogens with one attached hydrogen (secondary N) is 1. The number of hydrogen-bond donors (Lipinski definition) is 1. The van der Waals surface area contributed by atoms with Gasteiger partial charge in [0.05, 0.1) is 19.1 Å². The smallest absolute Gasteiger partial charge is 0.238 e. The summed E-state index contributed by atoms with van der Waals surface area (Å²) in [5.41, 5.74) is 2.58. The number of amides is 1. The molecule has 4 aromatic rings. The molecular weight excluding hydrogens is 536 g/mol. The number of benzene rings is 4. The van der Waals surface area contributed by atoms with Gasteiger partial charge in [0.25, 0.3) is 0 Å². The van der Waals surface area contributed by atoms with Crippen molar-refractivity contribution in [2.24, 2.45) is 5.92 Å². The lowest BCUT2D eigenvalue weighted by Crippen LogP contribution is -2.49. The highest BCUT2D eigenvalue weighted by molar-refractivity contribution is 6.30. The van der Waals surface area contributed by atoms with Crippen LogP contribution in [0.2, 0.25) is 5.02 Å². The zero-order valence-corrected chi connectivity index (χ0v) is 22.8. The van der Waals surface area contributed by atoms with Crippen LogP contribution in [-0.2, 0) is 10.2 Å². The highest BCUT2D eigenvalue weighted by Gasteiger charge is 2.70. The molecule has 0 aromatic heterocycles. The van der Waals surface area contributed by atoms with E-state index < -0.39 is 23.4 Å². The molecule has 6 nitrogen and oxygen atoms in total. The van der Waals surface area contributed by atoms with Crippen molar-refractivity contribution in [1.29, 1.82) is 0 Å². The third-order valence-electron chi connectivity index (χ3n) is 8.60. The summed E-state index contributed by atoms with van der Waals surface area (Å²) in [6.07, 6.45) is 3.80. The maximum absolute atomic E-state index is 14.8. The lowest BCUT2D eigenvalue weighted by molar-refractivity contribution is -0.122. The van der Waals surface area contributed by atoms with Gasteiger partial charge in [0.15, 0.2) is 11.6 Å². The minimum Gasteiger partial charge on any atom is -0.497 e. The predicted molar refractivity (Wildman–Crippen MR) is 157 cm³/mol. The molecule has 7 rings (SSSR count). The van der Waals surface area contributed by atoms with Crippen molar-refractivity contribution in [1.82, 2.24) is 4.90 Å². The maximum atomic E-state index is 14.8. The first-order valence-corrected chi connectivity index (χ1v) is 13.8. The summed E-state index contributed by atoms with van der Waals surface area (Å²) in [5.74, 6) is -1.40. The van der Waals surface area contributed by atoms with Crippen molar-refractivity contribution in [2.75, 3.05) is 12.4 Å². The zero-order chi connectivity index (χ0) is 28.3. The number of ketones is 2. The molecule has 1 fully saturated rings. The summed E-state index contributed by atoms with van der Waals surface area (Å²) in [5, 5.41) is 3.57. The topological polar surface area (TPSA) is 75.7 Å². The first-order valence-electron chi connectivity index (χ1n) is 13.4. The average Bonchev–Trinajstić information content (AvgIpc) is 3.49. The van der Waals surface area contributed by atoms with Crippen LogP contribution >= 0.6 is 11.6 Å². The van der Waals surface area contributed by atoms with E-state index in [-0.39, 0.29) is 17.5 Å². The van der Waals surface area contributed by atoms with Gasteiger partial charge in [-0.05, 0) is 65.2 Å². The first kappa shape index (κ1) is 25.3. The summed E-state index contributed by atoms with van der Waals surface area (Å²) < 4.78 is 5.43. The standard InChI is InChI=1S/C34H25ClN2O4/c1-41-24-9-6-8-22(19-24)30(38)28-29(31(39)21-13-15-23(35)16-14-21)37-18-17-20-7-2-3-10-25(20)32(37)34(28)26-11-4-5-12-27(26)36-33(34)40/h2-19,28-29,32H,1H3,(H,36,40). The number of fused-ring (bicyclic) bond motifs is 6. The number of anilines is 1. The molecule has 4 unspecified atom stereocenters. The molecular formula is C34H25ClN2O4. The molecule has 4 aromatic carbocycles. The SMILES string of the molecule is COc1cccc(C(=O)C2C(C(=O)c3ccc(Cl)cc3)N3C=Cc4ccccc4C3C23C(=O)Nc2ccccc23)c1. The lowest BCUT2D eigenvalue weighted by Gasteiger charge is -2.38. The van der Waals surface area contributed by atoms with Crippen molar-refractivity contribution in [3.63, 3.8) is 0 Å². The second kappa shape index (κ2) is 9.46. The summed E-state index contributed by atoms with van der Waals surface area (Å²) in [6, 6.07) is 27.3. The van der Waals surface area contributed by atoms with Gasteiger partial charge >= 0.3 is 0 Å². The number of halogens is 1. The van der Waals surface area contributed by atoms with Crippen molar-refractivity contribution >= 4 is 40.8 Å². The number of rotatable bonds is 5. The zero-order valence-electron chi connectivity index (χ0n) is 22.1. The number of Topliss-reactive ketones (excluding diaryl/α,β-unsaturated/α-hetero) is 2. The number of methoxy groups -OCH3 is 1. The molecule has 0 radical (unpaired) electrons. The molecule has 1 spiro atoms. The Bertz CT molecular complexity index is 1760. The van der Waals surface area contributed by atoms with Gasteiger partial charge < -0.3 is 15.0 Å². The fraction of sp³-hybridized carbons (Fsp3) is 0.147. The van der Waals surface area contributed by atoms with Gasteiger partial charge in [-0.15, -0.1) is 0 Å². The first-order chi connectivity index (χ1) is 19.9.